The van der Waals surface area contributed by atoms with Crippen LogP contribution in [0.3, 0.4) is 0 Å². The summed E-state index contributed by atoms with van der Waals surface area (Å²) < 4.78 is 64.8. The van der Waals surface area contributed by atoms with Crippen molar-refractivity contribution < 1.29 is 26.4 Å². The van der Waals surface area contributed by atoms with E-state index < -0.39 is 38.7 Å². The molecule has 0 aromatic heterocycles. The number of hydrogen-bond donors (Lipinski definition) is 1. The number of sulfonamides is 1. The summed E-state index contributed by atoms with van der Waals surface area (Å²) in [6, 6.07) is 6.66. The molecule has 0 saturated heterocycles. The van der Waals surface area contributed by atoms with Crippen LogP contribution in [0.25, 0.3) is 0 Å². The van der Waals surface area contributed by atoms with Crippen molar-refractivity contribution in [3.63, 3.8) is 0 Å². The first-order chi connectivity index (χ1) is 13.2. The topological polar surface area (TPSA) is 66.5 Å². The molecule has 1 atom stereocenters. The molecule has 2 rings (SSSR count). The van der Waals surface area contributed by atoms with Crippen LogP contribution >= 0.6 is 11.6 Å². The van der Waals surface area contributed by atoms with Gasteiger partial charge in [-0.25, -0.2) is 8.42 Å². The largest absolute Gasteiger partial charge is 0.417 e. The Labute approximate surface area is 172 Å². The van der Waals surface area contributed by atoms with E-state index in [1.165, 1.54) is 6.92 Å². The lowest BCUT2D eigenvalue weighted by Gasteiger charge is -2.29. The van der Waals surface area contributed by atoms with E-state index in [4.69, 9.17) is 11.6 Å². The standard InChI is InChI=1S/C19H20ClF3N2O3S/c1-11-5-8-17(12(2)9-11)24-18(26)13(3)25(29(4,27)28)14-6-7-16(20)15(10-14)19(21,22)23/h5-10,13H,1-4H3,(H,24,26)/t13-/m0/s1. The monoisotopic (exact) mass is 448 g/mol. The maximum absolute atomic E-state index is 13.2. The van der Waals surface area contributed by atoms with Gasteiger partial charge in [0.15, 0.2) is 0 Å². The number of alkyl halides is 3. The lowest BCUT2D eigenvalue weighted by atomic mass is 10.1. The summed E-state index contributed by atoms with van der Waals surface area (Å²) in [6.45, 7) is 4.95. The van der Waals surface area contributed by atoms with Crippen LogP contribution in [0.1, 0.15) is 23.6 Å². The average molecular weight is 449 g/mol. The highest BCUT2D eigenvalue weighted by atomic mass is 35.5. The normalized spacial score (nSPS) is 13.1. The minimum atomic E-state index is -4.78. The first-order valence-corrected chi connectivity index (χ1v) is 10.7. The number of benzene rings is 2. The van der Waals surface area contributed by atoms with Crippen molar-refractivity contribution in [2.45, 2.75) is 33.0 Å². The molecule has 0 bridgehead atoms. The van der Waals surface area contributed by atoms with E-state index in [1.807, 2.05) is 13.0 Å². The fraction of sp³-hybridized carbons (Fsp3) is 0.316. The zero-order valence-corrected chi connectivity index (χ0v) is 17.7. The number of nitrogens with one attached hydrogen (secondary N) is 1. The number of rotatable bonds is 5. The van der Waals surface area contributed by atoms with E-state index >= 15 is 0 Å². The second-order valence-electron chi connectivity index (χ2n) is 6.70. The van der Waals surface area contributed by atoms with E-state index in [2.05, 4.69) is 5.32 Å². The molecule has 0 radical (unpaired) electrons. The Bertz CT molecular complexity index is 1040. The van der Waals surface area contributed by atoms with Gasteiger partial charge in [-0.2, -0.15) is 13.2 Å². The van der Waals surface area contributed by atoms with Gasteiger partial charge in [-0.3, -0.25) is 9.10 Å². The molecular weight excluding hydrogens is 429 g/mol. The van der Waals surface area contributed by atoms with Gasteiger partial charge in [0.25, 0.3) is 0 Å². The summed E-state index contributed by atoms with van der Waals surface area (Å²) in [5.41, 5.74) is 0.724. The Hall–Kier alpha value is -2.26. The zero-order valence-electron chi connectivity index (χ0n) is 16.1. The third-order valence-electron chi connectivity index (χ3n) is 4.24. The third-order valence-corrected chi connectivity index (χ3v) is 5.81. The van der Waals surface area contributed by atoms with Crippen molar-refractivity contribution in [3.8, 4) is 0 Å². The van der Waals surface area contributed by atoms with Gasteiger partial charge in [0.1, 0.15) is 6.04 Å². The van der Waals surface area contributed by atoms with Crippen LogP contribution in [0.4, 0.5) is 24.5 Å². The highest BCUT2D eigenvalue weighted by molar-refractivity contribution is 7.92. The molecule has 29 heavy (non-hydrogen) atoms. The molecule has 2 aromatic rings. The van der Waals surface area contributed by atoms with Crippen LogP contribution in [0.2, 0.25) is 5.02 Å². The minimum Gasteiger partial charge on any atom is -0.324 e. The number of nitrogens with zero attached hydrogens (tertiary/aromatic N) is 1. The molecule has 0 aliphatic rings. The minimum absolute atomic E-state index is 0.312. The van der Waals surface area contributed by atoms with Gasteiger partial charge < -0.3 is 5.32 Å². The Kier molecular flexibility index (Phi) is 6.54. The SMILES string of the molecule is Cc1ccc(NC(=O)[C@H](C)N(c2ccc(Cl)c(C(F)(F)F)c2)S(C)(=O)=O)c(C)c1. The van der Waals surface area contributed by atoms with Gasteiger partial charge in [-0.05, 0) is 50.6 Å². The van der Waals surface area contributed by atoms with Crippen molar-refractivity contribution in [2.75, 3.05) is 15.9 Å². The van der Waals surface area contributed by atoms with E-state index in [1.54, 1.807) is 19.1 Å². The Morgan fingerprint density at radius 1 is 1.14 bits per heavy atom. The number of carbonyl (C=O) groups is 1. The smallest absolute Gasteiger partial charge is 0.324 e. The summed E-state index contributed by atoms with van der Waals surface area (Å²) in [5.74, 6) is -0.689. The van der Waals surface area contributed by atoms with Crippen LogP contribution in [0, 0.1) is 13.8 Å². The molecule has 0 fully saturated rings. The Balaban J connectivity index is 2.44. The van der Waals surface area contributed by atoms with Crippen molar-refractivity contribution >= 4 is 38.9 Å². The van der Waals surface area contributed by atoms with Crippen LogP contribution in [-0.4, -0.2) is 26.6 Å². The number of hydrogen-bond acceptors (Lipinski definition) is 3. The van der Waals surface area contributed by atoms with Gasteiger partial charge in [0.05, 0.1) is 22.5 Å². The van der Waals surface area contributed by atoms with Gasteiger partial charge in [0, 0.05) is 5.69 Å². The lowest BCUT2D eigenvalue weighted by Crippen LogP contribution is -2.45. The molecule has 0 aliphatic heterocycles. The molecule has 1 amide bonds. The number of carbonyl (C=O) groups excluding carboxylic acids is 1. The van der Waals surface area contributed by atoms with Gasteiger partial charge in [-0.1, -0.05) is 29.3 Å². The predicted molar refractivity (Wildman–Crippen MR) is 108 cm³/mol. The van der Waals surface area contributed by atoms with Crippen LogP contribution in [0.5, 0.6) is 0 Å². The number of halogens is 4. The van der Waals surface area contributed by atoms with E-state index in [9.17, 15) is 26.4 Å². The average Bonchev–Trinajstić information content (AvgIpc) is 2.56. The van der Waals surface area contributed by atoms with Gasteiger partial charge >= 0.3 is 6.18 Å². The van der Waals surface area contributed by atoms with Crippen LogP contribution in [0.15, 0.2) is 36.4 Å². The first kappa shape index (κ1) is 23.0. The van der Waals surface area contributed by atoms with Crippen molar-refractivity contribution in [1.82, 2.24) is 0 Å². The highest BCUT2D eigenvalue weighted by Gasteiger charge is 2.36. The molecule has 0 aliphatic carbocycles. The number of amides is 1. The lowest BCUT2D eigenvalue weighted by molar-refractivity contribution is -0.137. The fourth-order valence-corrected chi connectivity index (χ4v) is 4.26. The van der Waals surface area contributed by atoms with E-state index in [0.29, 0.717) is 16.1 Å². The quantitative estimate of drug-likeness (QED) is 0.716. The second kappa shape index (κ2) is 8.23. The molecule has 1 N–H and O–H groups in total. The van der Waals surface area contributed by atoms with Crippen molar-refractivity contribution in [2.24, 2.45) is 0 Å². The summed E-state index contributed by atoms with van der Waals surface area (Å²) in [7, 11) is -4.08. The van der Waals surface area contributed by atoms with E-state index in [0.717, 1.165) is 29.5 Å². The maximum atomic E-state index is 13.2. The van der Waals surface area contributed by atoms with E-state index in [-0.39, 0.29) is 5.69 Å². The summed E-state index contributed by atoms with van der Waals surface area (Å²) in [5, 5.41) is 2.05. The highest BCUT2D eigenvalue weighted by Crippen LogP contribution is 2.37. The molecule has 2 aromatic carbocycles. The van der Waals surface area contributed by atoms with Crippen molar-refractivity contribution in [3.05, 3.63) is 58.1 Å². The Morgan fingerprint density at radius 3 is 2.28 bits per heavy atom. The second-order valence-corrected chi connectivity index (χ2v) is 8.97. The van der Waals surface area contributed by atoms with Crippen molar-refractivity contribution in [1.29, 1.82) is 0 Å². The van der Waals surface area contributed by atoms with Crippen LogP contribution < -0.4 is 9.62 Å². The molecule has 5 nitrogen and oxygen atoms in total. The number of aryl methyl sites for hydroxylation is 2. The first-order valence-electron chi connectivity index (χ1n) is 8.46. The summed E-state index contributed by atoms with van der Waals surface area (Å²) >= 11 is 5.61. The maximum Gasteiger partial charge on any atom is 0.417 e. The molecule has 0 heterocycles. The molecule has 0 spiro atoms. The molecule has 10 heteroatoms. The third kappa shape index (κ3) is 5.42. The summed E-state index contributed by atoms with van der Waals surface area (Å²) in [6.07, 6.45) is -3.96. The zero-order chi connectivity index (χ0) is 22.1. The molecule has 158 valence electrons. The molecular formula is C19H20ClF3N2O3S. The number of anilines is 2. The fourth-order valence-electron chi connectivity index (χ4n) is 2.87. The summed E-state index contributed by atoms with van der Waals surface area (Å²) in [4.78, 5) is 12.7. The van der Waals surface area contributed by atoms with Crippen LogP contribution in [-0.2, 0) is 21.0 Å². The van der Waals surface area contributed by atoms with Gasteiger partial charge in [-0.15, -0.1) is 0 Å². The Morgan fingerprint density at radius 2 is 1.76 bits per heavy atom. The molecule has 0 unspecified atom stereocenters. The molecule has 0 saturated carbocycles. The van der Waals surface area contributed by atoms with Gasteiger partial charge in [0.2, 0.25) is 15.9 Å². The predicted octanol–water partition coefficient (Wildman–Crippen LogP) is 4.77.